The number of hydrogen-bond donors (Lipinski definition) is 0. The molecule has 0 aromatic heterocycles. The highest BCUT2D eigenvalue weighted by Crippen LogP contribution is 2.66. The van der Waals surface area contributed by atoms with Crippen LogP contribution < -0.4 is 0 Å². The van der Waals surface area contributed by atoms with Crippen LogP contribution in [0.4, 0.5) is 0 Å². The average molecular weight is 617 g/mol. The smallest absolute Gasteiger partial charge is 0.0619 e. The Kier molecular flexibility index (Phi) is 4.74. The predicted octanol–water partition coefficient (Wildman–Crippen LogP) is 12.8. The van der Waals surface area contributed by atoms with Crippen molar-refractivity contribution in [2.75, 3.05) is 0 Å². The van der Waals surface area contributed by atoms with Crippen molar-refractivity contribution in [2.24, 2.45) is 0 Å². The van der Waals surface area contributed by atoms with Gasteiger partial charge >= 0.3 is 0 Å². The van der Waals surface area contributed by atoms with E-state index in [1.165, 1.54) is 110 Å². The van der Waals surface area contributed by atoms with Gasteiger partial charge in [-0.15, -0.1) is 0 Å². The van der Waals surface area contributed by atoms with Gasteiger partial charge < -0.3 is 0 Å². The molecule has 3 aliphatic carbocycles. The topological polar surface area (TPSA) is 0 Å². The SMILES string of the molecule is c1ccc2c(c1)-c1ccccc1C21c2ccccc2-c2c1cc1c3c(cccc23)-c2c(-c3cccc4c3ccc3ccccc34)cccc2-1. The third-order valence-electron chi connectivity index (χ3n) is 11.8. The van der Waals surface area contributed by atoms with Gasteiger partial charge in [-0.05, 0) is 116 Å². The highest BCUT2D eigenvalue weighted by molar-refractivity contribution is 6.24. The van der Waals surface area contributed by atoms with Gasteiger partial charge in [-0.25, -0.2) is 0 Å². The summed E-state index contributed by atoms with van der Waals surface area (Å²) in [5.74, 6) is 0. The Balaban J connectivity index is 1.20. The van der Waals surface area contributed by atoms with E-state index in [0.717, 1.165) is 0 Å². The normalized spacial score (nSPS) is 13.9. The van der Waals surface area contributed by atoms with E-state index in [2.05, 4.69) is 170 Å². The molecule has 9 aromatic rings. The molecule has 0 unspecified atom stereocenters. The van der Waals surface area contributed by atoms with Crippen molar-refractivity contribution in [3.63, 3.8) is 0 Å². The Hall–Kier alpha value is -6.24. The monoisotopic (exact) mass is 616 g/mol. The van der Waals surface area contributed by atoms with E-state index in [9.17, 15) is 0 Å². The molecule has 0 fully saturated rings. The summed E-state index contributed by atoms with van der Waals surface area (Å²) in [6.45, 7) is 0. The minimum absolute atomic E-state index is 0.364. The first kappa shape index (κ1) is 25.8. The lowest BCUT2D eigenvalue weighted by Gasteiger charge is -2.30. The Morgan fingerprint density at radius 3 is 1.57 bits per heavy atom. The summed E-state index contributed by atoms with van der Waals surface area (Å²) in [4.78, 5) is 0. The molecule has 0 radical (unpaired) electrons. The van der Waals surface area contributed by atoms with Crippen LogP contribution in [0.1, 0.15) is 22.3 Å². The summed E-state index contributed by atoms with van der Waals surface area (Å²) in [6.07, 6.45) is 0. The molecular weight excluding hydrogens is 589 g/mol. The summed E-state index contributed by atoms with van der Waals surface area (Å²) in [6, 6.07) is 64.1. The first-order chi connectivity index (χ1) is 24.3. The maximum absolute atomic E-state index is 2.58. The van der Waals surface area contributed by atoms with Gasteiger partial charge in [0.2, 0.25) is 0 Å². The zero-order valence-electron chi connectivity index (χ0n) is 26.7. The third kappa shape index (κ3) is 2.98. The zero-order valence-corrected chi connectivity index (χ0v) is 26.7. The molecule has 0 bridgehead atoms. The molecule has 0 aliphatic heterocycles. The molecule has 1 spiro atoms. The van der Waals surface area contributed by atoms with Crippen LogP contribution in [0.2, 0.25) is 0 Å². The van der Waals surface area contributed by atoms with Crippen LogP contribution in [-0.4, -0.2) is 0 Å². The fourth-order valence-electron chi connectivity index (χ4n) is 10.0. The fourth-order valence-corrected chi connectivity index (χ4v) is 10.0. The standard InChI is InChI=1S/C49H28/c1-2-13-30-29(12-1)26-27-33-31(30)17-9-18-32(33)36-19-10-20-37-41-28-45-48(40-22-11-21-39(46(36)37)47(40)41)38-16-5-8-25-44(38)49(45)42-23-6-3-14-34(42)35-15-4-7-24-43(35)49/h1-28H. The molecular formula is C49H28. The molecule has 0 heterocycles. The maximum atomic E-state index is 2.58. The molecule has 3 aliphatic rings. The largest absolute Gasteiger partial charge is 0.0725 e. The molecule has 0 amide bonds. The first-order valence-electron chi connectivity index (χ1n) is 17.3. The second kappa shape index (κ2) is 9.01. The van der Waals surface area contributed by atoms with Crippen molar-refractivity contribution in [1.29, 1.82) is 0 Å². The highest BCUT2D eigenvalue weighted by atomic mass is 14.5. The summed E-state index contributed by atoms with van der Waals surface area (Å²) in [5.41, 5.74) is 18.6. The van der Waals surface area contributed by atoms with Crippen LogP contribution >= 0.6 is 0 Å². The van der Waals surface area contributed by atoms with E-state index in [4.69, 9.17) is 0 Å². The Bertz CT molecular complexity index is 2890. The van der Waals surface area contributed by atoms with Gasteiger partial charge in [0, 0.05) is 0 Å². The lowest BCUT2D eigenvalue weighted by molar-refractivity contribution is 0.795. The summed E-state index contributed by atoms with van der Waals surface area (Å²) in [7, 11) is 0. The van der Waals surface area contributed by atoms with Gasteiger partial charge in [0.05, 0.1) is 5.41 Å². The second-order valence-electron chi connectivity index (χ2n) is 13.9. The van der Waals surface area contributed by atoms with Crippen LogP contribution in [0.25, 0.3) is 88.0 Å². The van der Waals surface area contributed by atoms with Gasteiger partial charge in [-0.3, -0.25) is 0 Å². The molecule has 0 heteroatoms. The first-order valence-corrected chi connectivity index (χ1v) is 17.3. The van der Waals surface area contributed by atoms with Crippen molar-refractivity contribution in [3.05, 3.63) is 192 Å². The van der Waals surface area contributed by atoms with Crippen LogP contribution in [0.15, 0.2) is 170 Å². The number of rotatable bonds is 1. The van der Waals surface area contributed by atoms with E-state index in [0.29, 0.717) is 0 Å². The van der Waals surface area contributed by atoms with Crippen molar-refractivity contribution in [1.82, 2.24) is 0 Å². The van der Waals surface area contributed by atoms with E-state index < -0.39 is 0 Å². The van der Waals surface area contributed by atoms with Gasteiger partial charge in [0.25, 0.3) is 0 Å². The lowest BCUT2D eigenvalue weighted by Crippen LogP contribution is -2.25. The molecule has 224 valence electrons. The van der Waals surface area contributed by atoms with E-state index in [1.807, 2.05) is 0 Å². The zero-order chi connectivity index (χ0) is 31.8. The van der Waals surface area contributed by atoms with Gasteiger partial charge in [0.15, 0.2) is 0 Å². The van der Waals surface area contributed by atoms with Gasteiger partial charge in [0.1, 0.15) is 0 Å². The van der Waals surface area contributed by atoms with Crippen LogP contribution in [0.5, 0.6) is 0 Å². The Morgan fingerprint density at radius 2 is 0.796 bits per heavy atom. The van der Waals surface area contributed by atoms with Crippen molar-refractivity contribution >= 4 is 32.3 Å². The quantitative estimate of drug-likeness (QED) is 0.161. The maximum Gasteiger partial charge on any atom is 0.0725 e. The Morgan fingerprint density at radius 1 is 0.265 bits per heavy atom. The number of fused-ring (bicyclic) bond motifs is 17. The van der Waals surface area contributed by atoms with Gasteiger partial charge in [-0.1, -0.05) is 164 Å². The van der Waals surface area contributed by atoms with Crippen molar-refractivity contribution in [2.45, 2.75) is 5.41 Å². The molecule has 0 saturated carbocycles. The molecule has 12 rings (SSSR count). The molecule has 0 N–H and O–H groups in total. The number of benzene rings is 9. The molecule has 0 nitrogen and oxygen atoms in total. The van der Waals surface area contributed by atoms with Crippen molar-refractivity contribution < 1.29 is 0 Å². The molecule has 9 aromatic carbocycles. The predicted molar refractivity (Wildman–Crippen MR) is 205 cm³/mol. The third-order valence-corrected chi connectivity index (χ3v) is 11.8. The van der Waals surface area contributed by atoms with Crippen LogP contribution in [-0.2, 0) is 5.41 Å². The summed E-state index contributed by atoms with van der Waals surface area (Å²) < 4.78 is 0. The van der Waals surface area contributed by atoms with Gasteiger partial charge in [-0.2, -0.15) is 0 Å². The average Bonchev–Trinajstić information content (AvgIpc) is 3.77. The second-order valence-corrected chi connectivity index (χ2v) is 13.9. The number of hydrogen-bond acceptors (Lipinski definition) is 0. The van der Waals surface area contributed by atoms with Crippen LogP contribution in [0.3, 0.4) is 0 Å². The Labute approximate surface area is 284 Å². The van der Waals surface area contributed by atoms with E-state index in [1.54, 1.807) is 0 Å². The minimum atomic E-state index is -0.364. The molecule has 0 saturated heterocycles. The van der Waals surface area contributed by atoms with Crippen LogP contribution in [0, 0.1) is 0 Å². The minimum Gasteiger partial charge on any atom is -0.0619 e. The van der Waals surface area contributed by atoms with E-state index in [-0.39, 0.29) is 5.41 Å². The summed E-state index contributed by atoms with van der Waals surface area (Å²) >= 11 is 0. The summed E-state index contributed by atoms with van der Waals surface area (Å²) in [5, 5.41) is 7.91. The lowest BCUT2D eigenvalue weighted by atomic mass is 9.70. The fraction of sp³-hybridized carbons (Fsp3) is 0.0204. The molecule has 0 atom stereocenters. The van der Waals surface area contributed by atoms with Crippen molar-refractivity contribution in [3.8, 4) is 55.6 Å². The van der Waals surface area contributed by atoms with E-state index >= 15 is 0 Å². The highest BCUT2D eigenvalue weighted by Gasteiger charge is 2.52. The molecule has 49 heavy (non-hydrogen) atoms.